The lowest BCUT2D eigenvalue weighted by molar-refractivity contribution is 0.936. The van der Waals surface area contributed by atoms with Gasteiger partial charge in [-0.3, -0.25) is 0 Å². The minimum atomic E-state index is 0.663. The van der Waals surface area contributed by atoms with Crippen molar-refractivity contribution in [2.75, 3.05) is 6.54 Å². The summed E-state index contributed by atoms with van der Waals surface area (Å²) in [6.45, 7) is 4.89. The van der Waals surface area contributed by atoms with E-state index in [1.807, 2.05) is 0 Å². The molecule has 2 N–H and O–H groups in total. The van der Waals surface area contributed by atoms with Gasteiger partial charge in [0.1, 0.15) is 5.01 Å². The van der Waals surface area contributed by atoms with Gasteiger partial charge in [-0.25, -0.2) is 4.98 Å². The zero-order valence-electron chi connectivity index (χ0n) is 9.66. The number of hydrogen-bond donors (Lipinski definition) is 1. The van der Waals surface area contributed by atoms with Crippen molar-refractivity contribution in [3.05, 3.63) is 40.4 Å². The third-order valence-electron chi connectivity index (χ3n) is 2.58. The van der Waals surface area contributed by atoms with Gasteiger partial charge in [-0.15, -0.1) is 11.3 Å². The molecule has 0 aliphatic rings. The molecular formula is C13H16N2S. The summed E-state index contributed by atoms with van der Waals surface area (Å²) in [5.41, 5.74) is 10.4. The summed E-state index contributed by atoms with van der Waals surface area (Å²) < 4.78 is 0. The third-order valence-corrected chi connectivity index (χ3v) is 3.50. The Kier molecular flexibility index (Phi) is 3.36. The molecule has 0 saturated heterocycles. The Bertz CT molecular complexity index is 488. The van der Waals surface area contributed by atoms with Gasteiger partial charge in [-0.1, -0.05) is 17.7 Å². The first-order valence-corrected chi connectivity index (χ1v) is 6.31. The summed E-state index contributed by atoms with van der Waals surface area (Å²) >= 11 is 1.70. The molecule has 0 aliphatic carbocycles. The van der Waals surface area contributed by atoms with E-state index in [-0.39, 0.29) is 0 Å². The molecule has 3 heteroatoms. The molecule has 0 unspecified atom stereocenters. The number of nitrogens with zero attached hydrogens (tertiary/aromatic N) is 1. The third kappa shape index (κ3) is 2.31. The standard InChI is InChI=1S/C13H16N2S/c1-9-3-4-10(2)12(7-9)13-15-11(5-6-14)8-16-13/h3-4,7-8H,5-6,14H2,1-2H3. The fourth-order valence-corrected chi connectivity index (χ4v) is 2.59. The van der Waals surface area contributed by atoms with Crippen LogP contribution in [0.25, 0.3) is 10.6 Å². The Morgan fingerprint density at radius 2 is 2.12 bits per heavy atom. The SMILES string of the molecule is Cc1ccc(C)c(-c2nc(CCN)cs2)c1. The van der Waals surface area contributed by atoms with Crippen molar-refractivity contribution in [2.45, 2.75) is 20.3 Å². The molecule has 1 heterocycles. The number of aromatic nitrogens is 1. The number of nitrogens with two attached hydrogens (primary N) is 1. The fraction of sp³-hybridized carbons (Fsp3) is 0.308. The van der Waals surface area contributed by atoms with Crippen LogP contribution < -0.4 is 5.73 Å². The Labute approximate surface area is 100 Å². The summed E-state index contributed by atoms with van der Waals surface area (Å²) in [4.78, 5) is 4.61. The molecule has 1 aromatic heterocycles. The average molecular weight is 232 g/mol. The lowest BCUT2D eigenvalue weighted by Gasteiger charge is -2.03. The second-order valence-corrected chi connectivity index (χ2v) is 4.86. The highest BCUT2D eigenvalue weighted by molar-refractivity contribution is 7.13. The van der Waals surface area contributed by atoms with Crippen molar-refractivity contribution in [2.24, 2.45) is 5.73 Å². The maximum absolute atomic E-state index is 5.53. The van der Waals surface area contributed by atoms with Crippen molar-refractivity contribution < 1.29 is 0 Å². The lowest BCUT2D eigenvalue weighted by Crippen LogP contribution is -2.02. The Morgan fingerprint density at radius 1 is 1.31 bits per heavy atom. The first-order valence-electron chi connectivity index (χ1n) is 5.43. The molecule has 0 spiro atoms. The van der Waals surface area contributed by atoms with Gasteiger partial charge in [0.05, 0.1) is 5.69 Å². The topological polar surface area (TPSA) is 38.9 Å². The van der Waals surface area contributed by atoms with Crippen LogP contribution in [-0.4, -0.2) is 11.5 Å². The number of thiazole rings is 1. The van der Waals surface area contributed by atoms with E-state index in [0.717, 1.165) is 17.1 Å². The zero-order chi connectivity index (χ0) is 11.5. The molecule has 0 saturated carbocycles. The van der Waals surface area contributed by atoms with E-state index in [9.17, 15) is 0 Å². The predicted molar refractivity (Wildman–Crippen MR) is 69.8 cm³/mol. The van der Waals surface area contributed by atoms with Gasteiger partial charge in [0.2, 0.25) is 0 Å². The van der Waals surface area contributed by atoms with Crippen LogP contribution in [0.15, 0.2) is 23.6 Å². The van der Waals surface area contributed by atoms with Crippen molar-refractivity contribution in [1.82, 2.24) is 4.98 Å². The fourth-order valence-electron chi connectivity index (χ4n) is 1.66. The van der Waals surface area contributed by atoms with Gasteiger partial charge in [-0.05, 0) is 32.0 Å². The summed E-state index contributed by atoms with van der Waals surface area (Å²) in [7, 11) is 0. The number of benzene rings is 1. The predicted octanol–water partition coefficient (Wildman–Crippen LogP) is 2.93. The molecule has 0 aliphatic heterocycles. The van der Waals surface area contributed by atoms with Crippen molar-refractivity contribution in [3.63, 3.8) is 0 Å². The molecular weight excluding hydrogens is 216 g/mol. The summed E-state index contributed by atoms with van der Waals surface area (Å²) in [5.74, 6) is 0. The second kappa shape index (κ2) is 4.76. The number of hydrogen-bond acceptors (Lipinski definition) is 3. The maximum Gasteiger partial charge on any atom is 0.123 e. The first-order chi connectivity index (χ1) is 7.70. The van der Waals surface area contributed by atoms with Gasteiger partial charge < -0.3 is 5.73 Å². The monoisotopic (exact) mass is 232 g/mol. The molecule has 0 atom stereocenters. The summed E-state index contributed by atoms with van der Waals surface area (Å²) in [6.07, 6.45) is 0.862. The van der Waals surface area contributed by atoms with Crippen molar-refractivity contribution in [1.29, 1.82) is 0 Å². The highest BCUT2D eigenvalue weighted by Gasteiger charge is 2.07. The van der Waals surface area contributed by atoms with E-state index in [1.165, 1.54) is 16.7 Å². The molecule has 16 heavy (non-hydrogen) atoms. The molecule has 1 aromatic carbocycles. The van der Waals surface area contributed by atoms with Gasteiger partial charge >= 0.3 is 0 Å². The van der Waals surface area contributed by atoms with Crippen LogP contribution in [0.5, 0.6) is 0 Å². The van der Waals surface area contributed by atoms with Crippen LogP contribution in [0.3, 0.4) is 0 Å². The largest absolute Gasteiger partial charge is 0.330 e. The Morgan fingerprint density at radius 3 is 2.88 bits per heavy atom. The Balaban J connectivity index is 2.38. The van der Waals surface area contributed by atoms with Crippen molar-refractivity contribution in [3.8, 4) is 10.6 Å². The van der Waals surface area contributed by atoms with Crippen LogP contribution in [0.2, 0.25) is 0 Å². The van der Waals surface area contributed by atoms with Gasteiger partial charge in [0.15, 0.2) is 0 Å². The van der Waals surface area contributed by atoms with E-state index < -0.39 is 0 Å². The van der Waals surface area contributed by atoms with Gasteiger partial charge in [0, 0.05) is 17.4 Å². The number of rotatable bonds is 3. The lowest BCUT2D eigenvalue weighted by atomic mass is 10.1. The normalized spacial score (nSPS) is 10.7. The van der Waals surface area contributed by atoms with Gasteiger partial charge in [-0.2, -0.15) is 0 Å². The molecule has 2 nitrogen and oxygen atoms in total. The molecule has 2 aromatic rings. The van der Waals surface area contributed by atoms with E-state index in [2.05, 4.69) is 42.4 Å². The van der Waals surface area contributed by atoms with Crippen LogP contribution in [-0.2, 0) is 6.42 Å². The van der Waals surface area contributed by atoms with Crippen molar-refractivity contribution >= 4 is 11.3 Å². The highest BCUT2D eigenvalue weighted by Crippen LogP contribution is 2.27. The van der Waals surface area contributed by atoms with E-state index in [0.29, 0.717) is 6.54 Å². The number of aryl methyl sites for hydroxylation is 2. The first kappa shape index (κ1) is 11.3. The molecule has 0 bridgehead atoms. The van der Waals surface area contributed by atoms with E-state index in [4.69, 9.17) is 5.73 Å². The van der Waals surface area contributed by atoms with Crippen LogP contribution in [0, 0.1) is 13.8 Å². The second-order valence-electron chi connectivity index (χ2n) is 4.00. The van der Waals surface area contributed by atoms with E-state index in [1.54, 1.807) is 11.3 Å². The molecule has 0 radical (unpaired) electrons. The maximum atomic E-state index is 5.53. The molecule has 84 valence electrons. The summed E-state index contributed by atoms with van der Waals surface area (Å²) in [6, 6.07) is 6.47. The minimum Gasteiger partial charge on any atom is -0.330 e. The van der Waals surface area contributed by atoms with Gasteiger partial charge in [0.25, 0.3) is 0 Å². The zero-order valence-corrected chi connectivity index (χ0v) is 10.5. The highest BCUT2D eigenvalue weighted by atomic mass is 32.1. The Hall–Kier alpha value is -1.19. The van der Waals surface area contributed by atoms with Crippen LogP contribution >= 0.6 is 11.3 Å². The molecule has 0 fully saturated rings. The minimum absolute atomic E-state index is 0.663. The van der Waals surface area contributed by atoms with Crippen LogP contribution in [0.4, 0.5) is 0 Å². The molecule has 2 rings (SSSR count). The quantitative estimate of drug-likeness (QED) is 0.883. The van der Waals surface area contributed by atoms with Crippen LogP contribution in [0.1, 0.15) is 16.8 Å². The molecule has 0 amide bonds. The smallest absolute Gasteiger partial charge is 0.123 e. The summed E-state index contributed by atoms with van der Waals surface area (Å²) in [5, 5.41) is 3.20. The average Bonchev–Trinajstić information content (AvgIpc) is 2.71. The van der Waals surface area contributed by atoms with E-state index >= 15 is 0 Å².